The fraction of sp³-hybridized carbons (Fsp3) is 0.346. The molecule has 0 bridgehead atoms. The Bertz CT molecular complexity index is 1350. The van der Waals surface area contributed by atoms with Gasteiger partial charge in [0.05, 0.1) is 12.4 Å². The zero-order valence-corrected chi connectivity index (χ0v) is 20.3. The lowest BCUT2D eigenvalue weighted by Crippen LogP contribution is -2.53. The van der Waals surface area contributed by atoms with Gasteiger partial charge in [-0.1, -0.05) is 18.2 Å². The van der Waals surface area contributed by atoms with Crippen molar-refractivity contribution in [2.24, 2.45) is 14.1 Å². The Labute approximate surface area is 204 Å². The number of nitrogens with one attached hydrogen (secondary N) is 2. The van der Waals surface area contributed by atoms with Gasteiger partial charge < -0.3 is 10.6 Å². The molecule has 0 atom stereocenters. The van der Waals surface area contributed by atoms with E-state index in [2.05, 4.69) is 33.0 Å². The van der Waals surface area contributed by atoms with Crippen molar-refractivity contribution in [1.29, 1.82) is 0 Å². The average molecular weight is 471 g/mol. The first-order valence-corrected chi connectivity index (χ1v) is 11.9. The number of amides is 1. The Morgan fingerprint density at radius 2 is 1.71 bits per heavy atom. The molecule has 0 radical (unpaired) electrons. The van der Waals surface area contributed by atoms with Gasteiger partial charge in [0.15, 0.2) is 5.82 Å². The molecule has 3 heterocycles. The number of carbonyl (C=O) groups is 1. The SMILES string of the molecule is CC(=O)NC1(CCNc2nc(-c3cccc(-c4cnn(C)c4)c3)ncc2-c2cnn(C)c2)CCC1. The third-order valence-electron chi connectivity index (χ3n) is 6.61. The van der Waals surface area contributed by atoms with Crippen LogP contribution in [0.4, 0.5) is 5.82 Å². The van der Waals surface area contributed by atoms with E-state index in [-0.39, 0.29) is 11.4 Å². The number of aryl methyl sites for hydroxylation is 2. The molecule has 5 rings (SSSR count). The van der Waals surface area contributed by atoms with Crippen LogP contribution in [0.1, 0.15) is 32.6 Å². The van der Waals surface area contributed by atoms with Crippen LogP contribution < -0.4 is 10.6 Å². The van der Waals surface area contributed by atoms with Crippen LogP contribution in [0.5, 0.6) is 0 Å². The topological polar surface area (TPSA) is 103 Å². The summed E-state index contributed by atoms with van der Waals surface area (Å²) in [4.78, 5) is 21.3. The highest BCUT2D eigenvalue weighted by Gasteiger charge is 2.37. The van der Waals surface area contributed by atoms with Crippen LogP contribution in [0, 0.1) is 0 Å². The molecule has 0 aliphatic heterocycles. The molecule has 1 fully saturated rings. The second kappa shape index (κ2) is 9.32. The van der Waals surface area contributed by atoms with E-state index in [1.54, 1.807) is 16.3 Å². The van der Waals surface area contributed by atoms with Crippen molar-refractivity contribution >= 4 is 11.7 Å². The van der Waals surface area contributed by atoms with E-state index in [4.69, 9.17) is 9.97 Å². The van der Waals surface area contributed by atoms with E-state index in [1.165, 1.54) is 0 Å². The summed E-state index contributed by atoms with van der Waals surface area (Å²) in [6.07, 6.45) is 13.5. The number of hydrogen-bond acceptors (Lipinski definition) is 6. The fourth-order valence-electron chi connectivity index (χ4n) is 4.67. The van der Waals surface area contributed by atoms with Gasteiger partial charge in [0, 0.05) is 73.9 Å². The van der Waals surface area contributed by atoms with Crippen LogP contribution >= 0.6 is 0 Å². The number of anilines is 1. The minimum absolute atomic E-state index is 0.0265. The first-order chi connectivity index (χ1) is 16.9. The van der Waals surface area contributed by atoms with E-state index in [0.717, 1.165) is 59.3 Å². The van der Waals surface area contributed by atoms with Gasteiger partial charge in [-0.2, -0.15) is 10.2 Å². The lowest BCUT2D eigenvalue weighted by atomic mass is 9.74. The second-order valence-corrected chi connectivity index (χ2v) is 9.33. The van der Waals surface area contributed by atoms with Crippen molar-refractivity contribution < 1.29 is 4.79 Å². The monoisotopic (exact) mass is 470 g/mol. The van der Waals surface area contributed by atoms with Gasteiger partial charge in [0.25, 0.3) is 0 Å². The summed E-state index contributed by atoms with van der Waals surface area (Å²) in [6.45, 7) is 2.28. The predicted molar refractivity (Wildman–Crippen MR) is 135 cm³/mol. The molecule has 1 aliphatic carbocycles. The van der Waals surface area contributed by atoms with Crippen molar-refractivity contribution in [3.8, 4) is 33.6 Å². The summed E-state index contributed by atoms with van der Waals surface area (Å²) in [5, 5.41) is 15.3. The molecule has 9 heteroatoms. The molecule has 1 aromatic carbocycles. The quantitative estimate of drug-likeness (QED) is 0.406. The molecule has 9 nitrogen and oxygen atoms in total. The smallest absolute Gasteiger partial charge is 0.217 e. The highest BCUT2D eigenvalue weighted by molar-refractivity contribution is 5.77. The molecule has 4 aromatic rings. The molecule has 1 saturated carbocycles. The van der Waals surface area contributed by atoms with Gasteiger partial charge in [0.1, 0.15) is 5.82 Å². The third kappa shape index (κ3) is 4.94. The Morgan fingerprint density at radius 3 is 2.34 bits per heavy atom. The standard InChI is InChI=1S/C26H30N8O/c1-18(35)32-26(8-5-9-26)10-11-27-25-23(22-14-30-34(3)17-22)15-28-24(31-25)20-7-4-6-19(12-20)21-13-29-33(2)16-21/h4,6-7,12-17H,5,8-11H2,1-3H3,(H,32,35)(H,27,28,31). The van der Waals surface area contributed by atoms with Crippen LogP contribution in [0.15, 0.2) is 55.2 Å². The summed E-state index contributed by atoms with van der Waals surface area (Å²) >= 11 is 0. The summed E-state index contributed by atoms with van der Waals surface area (Å²) in [5.74, 6) is 1.43. The van der Waals surface area contributed by atoms with Crippen molar-refractivity contribution in [3.05, 3.63) is 55.2 Å². The molecular weight excluding hydrogens is 440 g/mol. The number of aromatic nitrogens is 6. The summed E-state index contributed by atoms with van der Waals surface area (Å²) in [7, 11) is 3.80. The van der Waals surface area contributed by atoms with Crippen LogP contribution in [0.25, 0.3) is 33.6 Å². The molecule has 2 N–H and O–H groups in total. The molecule has 3 aromatic heterocycles. The van der Waals surface area contributed by atoms with Gasteiger partial charge >= 0.3 is 0 Å². The average Bonchev–Trinajstić information content (AvgIpc) is 3.45. The largest absolute Gasteiger partial charge is 0.369 e. The van der Waals surface area contributed by atoms with E-state index in [0.29, 0.717) is 12.4 Å². The normalized spacial score (nSPS) is 14.4. The highest BCUT2D eigenvalue weighted by Crippen LogP contribution is 2.35. The maximum Gasteiger partial charge on any atom is 0.217 e. The Hall–Kier alpha value is -4.01. The number of rotatable bonds is 8. The van der Waals surface area contributed by atoms with Crippen LogP contribution in [0.3, 0.4) is 0 Å². The predicted octanol–water partition coefficient (Wildman–Crippen LogP) is 3.81. The first kappa shape index (κ1) is 22.8. The Balaban J connectivity index is 1.43. The minimum atomic E-state index is -0.110. The van der Waals surface area contributed by atoms with E-state index < -0.39 is 0 Å². The molecule has 0 saturated heterocycles. The van der Waals surface area contributed by atoms with Crippen LogP contribution in [0.2, 0.25) is 0 Å². The molecule has 1 amide bonds. The minimum Gasteiger partial charge on any atom is -0.369 e. The number of benzene rings is 1. The Kier molecular flexibility index (Phi) is 6.07. The van der Waals surface area contributed by atoms with Crippen molar-refractivity contribution in [2.75, 3.05) is 11.9 Å². The maximum absolute atomic E-state index is 11.7. The molecule has 0 unspecified atom stereocenters. The van der Waals surface area contributed by atoms with E-state index >= 15 is 0 Å². The maximum atomic E-state index is 11.7. The zero-order valence-electron chi connectivity index (χ0n) is 20.3. The molecule has 35 heavy (non-hydrogen) atoms. The number of carbonyl (C=O) groups excluding carboxylic acids is 1. The number of nitrogens with zero attached hydrogens (tertiary/aromatic N) is 6. The van der Waals surface area contributed by atoms with Gasteiger partial charge in [-0.25, -0.2) is 9.97 Å². The summed E-state index contributed by atoms with van der Waals surface area (Å²) in [6, 6.07) is 8.17. The van der Waals surface area contributed by atoms with Crippen LogP contribution in [-0.2, 0) is 18.9 Å². The zero-order chi connectivity index (χ0) is 24.4. The fourth-order valence-corrected chi connectivity index (χ4v) is 4.67. The second-order valence-electron chi connectivity index (χ2n) is 9.33. The summed E-state index contributed by atoms with van der Waals surface area (Å²) < 4.78 is 3.56. The summed E-state index contributed by atoms with van der Waals surface area (Å²) in [5.41, 5.74) is 4.77. The van der Waals surface area contributed by atoms with Crippen LogP contribution in [-0.4, -0.2) is 47.5 Å². The van der Waals surface area contributed by atoms with Crippen molar-refractivity contribution in [3.63, 3.8) is 0 Å². The number of hydrogen-bond donors (Lipinski definition) is 2. The Morgan fingerprint density at radius 1 is 1.00 bits per heavy atom. The van der Waals surface area contributed by atoms with E-state index in [1.807, 2.05) is 57.2 Å². The molecule has 0 spiro atoms. The van der Waals surface area contributed by atoms with Gasteiger partial charge in [-0.3, -0.25) is 14.2 Å². The van der Waals surface area contributed by atoms with E-state index in [9.17, 15) is 4.79 Å². The van der Waals surface area contributed by atoms with Crippen molar-refractivity contribution in [2.45, 2.75) is 38.1 Å². The third-order valence-corrected chi connectivity index (χ3v) is 6.61. The molecule has 180 valence electrons. The highest BCUT2D eigenvalue weighted by atomic mass is 16.1. The molecule has 1 aliphatic rings. The first-order valence-electron chi connectivity index (χ1n) is 11.9. The van der Waals surface area contributed by atoms with Crippen molar-refractivity contribution in [1.82, 2.24) is 34.8 Å². The lowest BCUT2D eigenvalue weighted by Gasteiger charge is -2.42. The lowest BCUT2D eigenvalue weighted by molar-refractivity contribution is -0.122. The van der Waals surface area contributed by atoms with Gasteiger partial charge in [-0.15, -0.1) is 0 Å². The van der Waals surface area contributed by atoms with Gasteiger partial charge in [-0.05, 0) is 37.3 Å². The molecular formula is C26H30N8O. The van der Waals surface area contributed by atoms with Gasteiger partial charge in [0.2, 0.25) is 5.91 Å².